The molecule has 0 heterocycles. The molecule has 0 spiro atoms. The van der Waals surface area contributed by atoms with Crippen LogP contribution in [-0.4, -0.2) is 28.8 Å². The molecule has 1 rings (SSSR count). The fourth-order valence-corrected chi connectivity index (χ4v) is 1.31. The summed E-state index contributed by atoms with van der Waals surface area (Å²) in [6.07, 6.45) is 0. The highest BCUT2D eigenvalue weighted by Crippen LogP contribution is 2.06. The van der Waals surface area contributed by atoms with Crippen LogP contribution in [-0.2, 0) is 4.79 Å². The molecule has 0 radical (unpaired) electrons. The van der Waals surface area contributed by atoms with Crippen LogP contribution in [0.3, 0.4) is 0 Å². The third-order valence-corrected chi connectivity index (χ3v) is 2.27. The Morgan fingerprint density at radius 3 is 2.56 bits per heavy atom. The zero-order valence-electron chi connectivity index (χ0n) is 8.18. The van der Waals surface area contributed by atoms with E-state index in [0.29, 0.717) is 0 Å². The van der Waals surface area contributed by atoms with Gasteiger partial charge in [-0.3, -0.25) is 4.79 Å². The van der Waals surface area contributed by atoms with Crippen molar-refractivity contribution in [3.8, 4) is 0 Å². The molecule has 0 saturated heterocycles. The van der Waals surface area contributed by atoms with Crippen molar-refractivity contribution in [1.29, 1.82) is 0 Å². The zero-order chi connectivity index (χ0) is 12.1. The first-order valence-electron chi connectivity index (χ1n) is 4.45. The van der Waals surface area contributed by atoms with Crippen LogP contribution in [0.25, 0.3) is 0 Å². The molecule has 0 aliphatic heterocycles. The first-order valence-corrected chi connectivity index (χ1v) is 5.08. The average Bonchev–Trinajstić information content (AvgIpc) is 2.25. The number of amides is 1. The van der Waals surface area contributed by atoms with E-state index >= 15 is 0 Å². The van der Waals surface area contributed by atoms with E-state index in [2.05, 4.69) is 17.9 Å². The minimum absolute atomic E-state index is 0.0600. The van der Waals surface area contributed by atoms with E-state index in [1.807, 2.05) is 0 Å². The number of rotatable bonds is 4. The summed E-state index contributed by atoms with van der Waals surface area (Å²) in [5, 5.41) is 10.8. The molecule has 1 atom stereocenters. The third-order valence-electron chi connectivity index (χ3n) is 1.90. The summed E-state index contributed by atoms with van der Waals surface area (Å²) in [4.78, 5) is 22.1. The van der Waals surface area contributed by atoms with E-state index in [1.165, 1.54) is 18.2 Å². The molecule has 86 valence electrons. The van der Waals surface area contributed by atoms with Crippen LogP contribution < -0.4 is 5.32 Å². The maximum atomic E-state index is 13.2. The highest BCUT2D eigenvalue weighted by Gasteiger charge is 2.20. The summed E-state index contributed by atoms with van der Waals surface area (Å²) in [6, 6.07) is 4.22. The summed E-state index contributed by atoms with van der Waals surface area (Å²) in [6.45, 7) is 0. The van der Waals surface area contributed by atoms with Crippen LogP contribution >= 0.6 is 12.6 Å². The van der Waals surface area contributed by atoms with Gasteiger partial charge in [0, 0.05) is 5.75 Å². The van der Waals surface area contributed by atoms with Gasteiger partial charge in [-0.1, -0.05) is 12.1 Å². The molecule has 0 fully saturated rings. The number of aliphatic carboxylic acids is 1. The number of hydrogen-bond acceptors (Lipinski definition) is 3. The molecular weight excluding hydrogens is 233 g/mol. The van der Waals surface area contributed by atoms with Gasteiger partial charge in [0.2, 0.25) is 0 Å². The smallest absolute Gasteiger partial charge is 0.327 e. The van der Waals surface area contributed by atoms with Crippen LogP contribution in [0.15, 0.2) is 24.3 Å². The second-order valence-electron chi connectivity index (χ2n) is 3.03. The average molecular weight is 243 g/mol. The van der Waals surface area contributed by atoms with Crippen molar-refractivity contribution >= 4 is 24.5 Å². The Labute approximate surface area is 96.9 Å². The Balaban J connectivity index is 2.80. The van der Waals surface area contributed by atoms with Crippen molar-refractivity contribution in [2.24, 2.45) is 0 Å². The number of hydrogen-bond donors (Lipinski definition) is 3. The number of thiol groups is 1. The van der Waals surface area contributed by atoms with Gasteiger partial charge in [-0.25, -0.2) is 9.18 Å². The molecule has 1 unspecified atom stereocenters. The molecule has 1 aromatic carbocycles. The number of benzene rings is 1. The van der Waals surface area contributed by atoms with Gasteiger partial charge < -0.3 is 10.4 Å². The minimum Gasteiger partial charge on any atom is -0.480 e. The molecule has 0 aromatic heterocycles. The molecule has 0 bridgehead atoms. The summed E-state index contributed by atoms with van der Waals surface area (Å²) >= 11 is 3.78. The molecule has 0 aliphatic rings. The van der Waals surface area contributed by atoms with Gasteiger partial charge in [0.05, 0.1) is 5.56 Å². The molecule has 0 saturated carbocycles. The Morgan fingerprint density at radius 2 is 2.06 bits per heavy atom. The van der Waals surface area contributed by atoms with Crippen molar-refractivity contribution < 1.29 is 19.1 Å². The van der Waals surface area contributed by atoms with E-state index < -0.39 is 23.7 Å². The molecule has 1 aromatic rings. The van der Waals surface area contributed by atoms with Crippen molar-refractivity contribution in [2.45, 2.75) is 6.04 Å². The van der Waals surface area contributed by atoms with Gasteiger partial charge in [0.15, 0.2) is 0 Å². The largest absolute Gasteiger partial charge is 0.480 e. The van der Waals surface area contributed by atoms with Crippen molar-refractivity contribution in [3.63, 3.8) is 0 Å². The van der Waals surface area contributed by atoms with Gasteiger partial charge in [-0.05, 0) is 12.1 Å². The Bertz CT molecular complexity index is 411. The van der Waals surface area contributed by atoms with E-state index in [9.17, 15) is 14.0 Å². The van der Waals surface area contributed by atoms with Crippen LogP contribution in [0.2, 0.25) is 0 Å². The lowest BCUT2D eigenvalue weighted by molar-refractivity contribution is -0.138. The second kappa shape index (κ2) is 5.50. The Kier molecular flexibility index (Phi) is 4.30. The van der Waals surface area contributed by atoms with E-state index in [-0.39, 0.29) is 11.3 Å². The number of halogens is 1. The predicted octanol–water partition coefficient (Wildman–Crippen LogP) is 0.939. The van der Waals surface area contributed by atoms with Crippen molar-refractivity contribution in [3.05, 3.63) is 35.6 Å². The molecule has 16 heavy (non-hydrogen) atoms. The monoisotopic (exact) mass is 243 g/mol. The topological polar surface area (TPSA) is 66.4 Å². The first kappa shape index (κ1) is 12.5. The van der Waals surface area contributed by atoms with E-state index in [0.717, 1.165) is 6.07 Å². The van der Waals surface area contributed by atoms with Gasteiger partial charge >= 0.3 is 5.97 Å². The maximum absolute atomic E-state index is 13.2. The van der Waals surface area contributed by atoms with Crippen LogP contribution in [0.5, 0.6) is 0 Å². The molecule has 1 amide bonds. The fourth-order valence-electron chi connectivity index (χ4n) is 1.07. The number of nitrogens with one attached hydrogen (secondary N) is 1. The lowest BCUT2D eigenvalue weighted by atomic mass is 10.2. The summed E-state index contributed by atoms with van der Waals surface area (Å²) in [7, 11) is 0. The normalized spacial score (nSPS) is 11.9. The van der Waals surface area contributed by atoms with Gasteiger partial charge in [-0.15, -0.1) is 0 Å². The Hall–Kier alpha value is -1.56. The standard InChI is InChI=1S/C10H10FNO3S/c11-7-4-2-1-3-6(7)9(13)12-8(5-16)10(14)15/h1-4,8,16H,5H2,(H,12,13)(H,14,15). The van der Waals surface area contributed by atoms with Crippen LogP contribution in [0.1, 0.15) is 10.4 Å². The number of carbonyl (C=O) groups is 2. The minimum atomic E-state index is -1.21. The second-order valence-corrected chi connectivity index (χ2v) is 3.39. The van der Waals surface area contributed by atoms with Crippen molar-refractivity contribution in [2.75, 3.05) is 5.75 Å². The third kappa shape index (κ3) is 2.96. The van der Waals surface area contributed by atoms with Gasteiger partial charge in [0.1, 0.15) is 11.9 Å². The van der Waals surface area contributed by atoms with E-state index in [4.69, 9.17) is 5.11 Å². The first-order chi connectivity index (χ1) is 7.56. The van der Waals surface area contributed by atoms with Crippen LogP contribution in [0.4, 0.5) is 4.39 Å². The summed E-state index contributed by atoms with van der Waals surface area (Å²) < 4.78 is 13.2. The quantitative estimate of drug-likeness (QED) is 0.689. The molecule has 2 N–H and O–H groups in total. The van der Waals surface area contributed by atoms with Gasteiger partial charge in [0.25, 0.3) is 5.91 Å². The lowest BCUT2D eigenvalue weighted by Crippen LogP contribution is -2.42. The highest BCUT2D eigenvalue weighted by molar-refractivity contribution is 7.80. The maximum Gasteiger partial charge on any atom is 0.327 e. The molecule has 6 heteroatoms. The highest BCUT2D eigenvalue weighted by atomic mass is 32.1. The fraction of sp³-hybridized carbons (Fsp3) is 0.200. The van der Waals surface area contributed by atoms with Gasteiger partial charge in [-0.2, -0.15) is 12.6 Å². The molecule has 4 nitrogen and oxygen atoms in total. The predicted molar refractivity (Wildman–Crippen MR) is 59.1 cm³/mol. The summed E-state index contributed by atoms with van der Waals surface area (Å²) in [5.74, 6) is -2.72. The summed E-state index contributed by atoms with van der Waals surface area (Å²) in [5.41, 5.74) is -0.185. The Morgan fingerprint density at radius 1 is 1.44 bits per heavy atom. The van der Waals surface area contributed by atoms with Crippen LogP contribution in [0, 0.1) is 5.82 Å². The van der Waals surface area contributed by atoms with Crippen molar-refractivity contribution in [1.82, 2.24) is 5.32 Å². The number of carboxylic acids is 1. The van der Waals surface area contributed by atoms with E-state index in [1.54, 1.807) is 0 Å². The SMILES string of the molecule is O=C(NC(CS)C(=O)O)c1ccccc1F. The molecule has 0 aliphatic carbocycles. The molecular formula is C10H10FNO3S. The zero-order valence-corrected chi connectivity index (χ0v) is 9.08. The number of carbonyl (C=O) groups excluding carboxylic acids is 1. The number of carboxylic acid groups (broad SMARTS) is 1. The lowest BCUT2D eigenvalue weighted by Gasteiger charge is -2.11.